The Morgan fingerprint density at radius 2 is 1.68 bits per heavy atom. The molecule has 9 heteroatoms. The number of carbonyl (C=O) groups is 2. The van der Waals surface area contributed by atoms with Crippen LogP contribution in [0, 0.1) is 6.92 Å². The van der Waals surface area contributed by atoms with Crippen LogP contribution in [-0.2, 0) is 26.2 Å². The van der Waals surface area contributed by atoms with Crippen molar-refractivity contribution in [2.24, 2.45) is 0 Å². The van der Waals surface area contributed by atoms with Gasteiger partial charge in [-0.3, -0.25) is 13.9 Å². The first-order valence-electron chi connectivity index (χ1n) is 11.2. The van der Waals surface area contributed by atoms with E-state index in [-0.39, 0.29) is 24.2 Å². The van der Waals surface area contributed by atoms with Crippen LogP contribution in [0.1, 0.15) is 38.3 Å². The molecule has 0 heterocycles. The quantitative estimate of drug-likeness (QED) is 0.523. The molecule has 0 bridgehead atoms. The largest absolute Gasteiger partial charge is 0.495 e. The molecule has 186 valence electrons. The molecule has 8 nitrogen and oxygen atoms in total. The number of hydrogen-bond donors (Lipinski definition) is 1. The second kappa shape index (κ2) is 11.9. The molecule has 0 fully saturated rings. The highest BCUT2D eigenvalue weighted by Gasteiger charge is 2.31. The van der Waals surface area contributed by atoms with Gasteiger partial charge in [0.2, 0.25) is 21.8 Å². The van der Waals surface area contributed by atoms with Crippen LogP contribution in [0.5, 0.6) is 5.75 Å². The molecule has 2 amide bonds. The van der Waals surface area contributed by atoms with E-state index in [1.54, 1.807) is 31.2 Å². The summed E-state index contributed by atoms with van der Waals surface area (Å²) in [4.78, 5) is 27.9. The Bertz CT molecular complexity index is 1100. The van der Waals surface area contributed by atoms with Crippen LogP contribution in [-0.4, -0.2) is 57.1 Å². The van der Waals surface area contributed by atoms with E-state index in [2.05, 4.69) is 5.32 Å². The summed E-state index contributed by atoms with van der Waals surface area (Å²) in [5, 5.41) is 2.91. The summed E-state index contributed by atoms with van der Waals surface area (Å²) in [6.07, 6.45) is 1.79. The molecule has 2 aromatic rings. The predicted molar refractivity (Wildman–Crippen MR) is 134 cm³/mol. The smallest absolute Gasteiger partial charge is 0.244 e. The zero-order valence-electron chi connectivity index (χ0n) is 20.7. The Morgan fingerprint density at radius 1 is 1.06 bits per heavy atom. The van der Waals surface area contributed by atoms with E-state index in [1.807, 2.05) is 45.0 Å². The van der Waals surface area contributed by atoms with Crippen molar-refractivity contribution in [2.45, 2.75) is 52.7 Å². The first-order valence-corrected chi connectivity index (χ1v) is 13.1. The second-order valence-corrected chi connectivity index (χ2v) is 10.3. The van der Waals surface area contributed by atoms with Crippen LogP contribution in [0.4, 0.5) is 5.69 Å². The van der Waals surface area contributed by atoms with Gasteiger partial charge < -0.3 is 15.0 Å². The predicted octanol–water partition coefficient (Wildman–Crippen LogP) is 3.10. The lowest BCUT2D eigenvalue weighted by Gasteiger charge is -2.32. The highest BCUT2D eigenvalue weighted by molar-refractivity contribution is 7.92. The lowest BCUT2D eigenvalue weighted by Crippen LogP contribution is -2.52. The van der Waals surface area contributed by atoms with E-state index in [9.17, 15) is 18.0 Å². The maximum atomic E-state index is 13.6. The fraction of sp³-hybridized carbons (Fsp3) is 0.440. The average Bonchev–Trinajstić information content (AvgIpc) is 2.80. The van der Waals surface area contributed by atoms with E-state index in [1.165, 1.54) is 12.0 Å². The first-order chi connectivity index (χ1) is 16.0. The summed E-state index contributed by atoms with van der Waals surface area (Å²) in [6.45, 7) is 7.14. The van der Waals surface area contributed by atoms with Crippen molar-refractivity contribution in [2.75, 3.05) is 24.2 Å². The summed E-state index contributed by atoms with van der Waals surface area (Å²) in [5.74, 6) is -0.459. The van der Waals surface area contributed by atoms with Gasteiger partial charge in [0.25, 0.3) is 0 Å². The molecule has 2 aromatic carbocycles. The number of anilines is 1. The van der Waals surface area contributed by atoms with Gasteiger partial charge in [0.15, 0.2) is 0 Å². The van der Waals surface area contributed by atoms with Gasteiger partial charge in [0, 0.05) is 12.6 Å². The van der Waals surface area contributed by atoms with Gasteiger partial charge in [-0.25, -0.2) is 8.42 Å². The van der Waals surface area contributed by atoms with Crippen molar-refractivity contribution >= 4 is 27.5 Å². The SMILES string of the molecule is CC[C@@H](C)NC(=O)[C@H](C)N(Cc1ccccc1C)C(=O)CN(c1ccccc1OC)S(C)(=O)=O. The summed E-state index contributed by atoms with van der Waals surface area (Å²) in [5.41, 5.74) is 2.11. The Hall–Kier alpha value is -3.07. The van der Waals surface area contributed by atoms with Gasteiger partial charge in [0.1, 0.15) is 18.3 Å². The summed E-state index contributed by atoms with van der Waals surface area (Å²) in [6, 6.07) is 13.3. The minimum atomic E-state index is -3.82. The monoisotopic (exact) mass is 489 g/mol. The summed E-state index contributed by atoms with van der Waals surface area (Å²) in [7, 11) is -2.39. The summed E-state index contributed by atoms with van der Waals surface area (Å²) >= 11 is 0. The second-order valence-electron chi connectivity index (χ2n) is 8.38. The molecule has 0 aromatic heterocycles. The number of amides is 2. The van der Waals surface area contributed by atoms with Crippen molar-refractivity contribution in [1.82, 2.24) is 10.2 Å². The van der Waals surface area contributed by atoms with Crippen molar-refractivity contribution in [3.05, 3.63) is 59.7 Å². The molecule has 0 radical (unpaired) electrons. The maximum Gasteiger partial charge on any atom is 0.244 e. The number of methoxy groups -OCH3 is 1. The van der Waals surface area contributed by atoms with Gasteiger partial charge in [-0.15, -0.1) is 0 Å². The Morgan fingerprint density at radius 3 is 2.26 bits per heavy atom. The third-order valence-corrected chi connectivity index (χ3v) is 6.93. The third-order valence-electron chi connectivity index (χ3n) is 5.80. The molecule has 0 aliphatic rings. The molecular weight excluding hydrogens is 454 g/mol. The number of hydrogen-bond acceptors (Lipinski definition) is 5. The Kier molecular flexibility index (Phi) is 9.49. The number of benzene rings is 2. The third kappa shape index (κ3) is 6.96. The number of carbonyl (C=O) groups excluding carboxylic acids is 2. The number of ether oxygens (including phenoxy) is 1. The van der Waals surface area contributed by atoms with Gasteiger partial charge in [-0.05, 0) is 50.5 Å². The molecule has 0 aliphatic heterocycles. The lowest BCUT2D eigenvalue weighted by atomic mass is 10.1. The molecule has 0 aliphatic carbocycles. The zero-order valence-corrected chi connectivity index (χ0v) is 21.6. The molecular formula is C25H35N3O5S. The number of sulfonamides is 1. The number of nitrogens with one attached hydrogen (secondary N) is 1. The zero-order chi connectivity index (χ0) is 25.5. The molecule has 34 heavy (non-hydrogen) atoms. The van der Waals surface area contributed by atoms with E-state index in [0.29, 0.717) is 5.75 Å². The molecule has 0 saturated heterocycles. The van der Waals surface area contributed by atoms with Crippen molar-refractivity contribution < 1.29 is 22.7 Å². The molecule has 1 N–H and O–H groups in total. The van der Waals surface area contributed by atoms with E-state index in [0.717, 1.165) is 28.1 Å². The maximum absolute atomic E-state index is 13.6. The van der Waals surface area contributed by atoms with Crippen molar-refractivity contribution in [3.8, 4) is 5.75 Å². The van der Waals surface area contributed by atoms with Crippen LogP contribution in [0.2, 0.25) is 0 Å². The Balaban J connectivity index is 2.44. The standard InChI is InChI=1S/C25H35N3O5S/c1-7-19(3)26-25(30)20(4)27(16-21-13-9-8-12-18(21)2)24(29)17-28(34(6,31)32)22-14-10-11-15-23(22)33-5/h8-15,19-20H,7,16-17H2,1-6H3,(H,26,30)/t19-,20+/m1/s1. The van der Waals surface area contributed by atoms with Crippen molar-refractivity contribution in [1.29, 1.82) is 0 Å². The van der Waals surface area contributed by atoms with E-state index >= 15 is 0 Å². The molecule has 0 spiro atoms. The van der Waals surface area contributed by atoms with Crippen LogP contribution in [0.25, 0.3) is 0 Å². The molecule has 2 rings (SSSR count). The number of nitrogens with zero attached hydrogens (tertiary/aromatic N) is 2. The minimum absolute atomic E-state index is 0.0496. The number of para-hydroxylation sites is 2. The normalized spacial score (nSPS) is 13.0. The highest BCUT2D eigenvalue weighted by atomic mass is 32.2. The average molecular weight is 490 g/mol. The highest BCUT2D eigenvalue weighted by Crippen LogP contribution is 2.29. The fourth-order valence-electron chi connectivity index (χ4n) is 3.45. The van der Waals surface area contributed by atoms with Crippen LogP contribution in [0.15, 0.2) is 48.5 Å². The first kappa shape index (κ1) is 27.2. The minimum Gasteiger partial charge on any atom is -0.495 e. The number of rotatable bonds is 11. The van der Waals surface area contributed by atoms with Crippen LogP contribution in [0.3, 0.4) is 0 Å². The van der Waals surface area contributed by atoms with E-state index < -0.39 is 28.5 Å². The lowest BCUT2D eigenvalue weighted by molar-refractivity contribution is -0.139. The van der Waals surface area contributed by atoms with Crippen LogP contribution < -0.4 is 14.4 Å². The van der Waals surface area contributed by atoms with E-state index in [4.69, 9.17) is 4.74 Å². The van der Waals surface area contributed by atoms with Gasteiger partial charge in [-0.1, -0.05) is 43.3 Å². The van der Waals surface area contributed by atoms with Crippen molar-refractivity contribution in [3.63, 3.8) is 0 Å². The van der Waals surface area contributed by atoms with Gasteiger partial charge >= 0.3 is 0 Å². The van der Waals surface area contributed by atoms with Gasteiger partial charge in [0.05, 0.1) is 19.1 Å². The molecule has 0 unspecified atom stereocenters. The Labute approximate surface area is 202 Å². The number of aryl methyl sites for hydroxylation is 1. The van der Waals surface area contributed by atoms with Crippen LogP contribution >= 0.6 is 0 Å². The fourth-order valence-corrected chi connectivity index (χ4v) is 4.30. The topological polar surface area (TPSA) is 96.0 Å². The molecule has 0 saturated carbocycles. The van der Waals surface area contributed by atoms with Gasteiger partial charge in [-0.2, -0.15) is 0 Å². The molecule has 2 atom stereocenters. The summed E-state index contributed by atoms with van der Waals surface area (Å²) < 4.78 is 31.7.